The summed E-state index contributed by atoms with van der Waals surface area (Å²) in [7, 11) is 0. The molecular formula is C8H6N2O2. The first-order chi connectivity index (χ1) is 5.77. The number of aryl methyl sites for hydroxylation is 1. The maximum atomic E-state index is 11.0. The minimum Gasteiger partial charge on any atom is -0.431 e. The molecule has 60 valence electrons. The monoisotopic (exact) mass is 162 g/mol. The third-order valence-electron chi connectivity index (χ3n) is 1.56. The van der Waals surface area contributed by atoms with Crippen molar-refractivity contribution in [1.29, 1.82) is 0 Å². The minimum absolute atomic E-state index is 0.396. The predicted molar refractivity (Wildman–Crippen MR) is 42.8 cm³/mol. The molecule has 0 aromatic carbocycles. The quantitative estimate of drug-likeness (QED) is 0.577. The highest BCUT2D eigenvalue weighted by Crippen LogP contribution is 2.03. The summed E-state index contributed by atoms with van der Waals surface area (Å²) in [4.78, 5) is 19.0. The van der Waals surface area contributed by atoms with Crippen molar-refractivity contribution in [2.24, 2.45) is 0 Å². The van der Waals surface area contributed by atoms with E-state index in [1.807, 2.05) is 0 Å². The van der Waals surface area contributed by atoms with E-state index in [1.54, 1.807) is 13.0 Å². The van der Waals surface area contributed by atoms with Crippen molar-refractivity contribution < 1.29 is 4.42 Å². The summed E-state index contributed by atoms with van der Waals surface area (Å²) in [5, 5.41) is 0.420. The molecule has 4 heteroatoms. The van der Waals surface area contributed by atoms with Crippen molar-refractivity contribution in [2.45, 2.75) is 6.92 Å². The second-order valence-electron chi connectivity index (χ2n) is 2.42. The van der Waals surface area contributed by atoms with Crippen molar-refractivity contribution in [1.82, 2.24) is 9.97 Å². The van der Waals surface area contributed by atoms with E-state index >= 15 is 0 Å². The predicted octanol–water partition coefficient (Wildman–Crippen LogP) is 0.891. The number of hydrogen-bond acceptors (Lipinski definition) is 4. The molecule has 0 N–H and O–H groups in total. The average Bonchev–Trinajstić information content (AvgIpc) is 2.04. The molecule has 2 heterocycles. The molecule has 0 aliphatic carbocycles. The zero-order chi connectivity index (χ0) is 8.55. The van der Waals surface area contributed by atoms with Crippen LogP contribution in [-0.4, -0.2) is 9.97 Å². The number of nitrogens with zero attached hydrogens (tertiary/aromatic N) is 2. The smallest absolute Gasteiger partial charge is 0.346 e. The number of aromatic nitrogens is 2. The molecule has 0 amide bonds. The van der Waals surface area contributed by atoms with Crippen LogP contribution in [0.1, 0.15) is 5.82 Å². The van der Waals surface area contributed by atoms with E-state index in [-0.39, 0.29) is 0 Å². The Morgan fingerprint density at radius 2 is 2.33 bits per heavy atom. The Hall–Kier alpha value is -1.71. The van der Waals surface area contributed by atoms with E-state index < -0.39 is 5.63 Å². The largest absolute Gasteiger partial charge is 0.431 e. The summed E-state index contributed by atoms with van der Waals surface area (Å²) in [6.45, 7) is 1.77. The fourth-order valence-corrected chi connectivity index (χ4v) is 0.996. The van der Waals surface area contributed by atoms with Crippen LogP contribution in [0.15, 0.2) is 27.7 Å². The molecule has 2 aromatic heterocycles. The summed E-state index contributed by atoms with van der Waals surface area (Å²) in [6.07, 6.45) is 2.81. The first-order valence-electron chi connectivity index (χ1n) is 3.48. The number of rotatable bonds is 0. The van der Waals surface area contributed by atoms with Crippen molar-refractivity contribution in [3.8, 4) is 0 Å². The molecular weight excluding hydrogens is 156 g/mol. The Bertz CT molecular complexity index is 476. The van der Waals surface area contributed by atoms with E-state index in [0.717, 1.165) is 0 Å². The van der Waals surface area contributed by atoms with Crippen LogP contribution in [0.5, 0.6) is 0 Å². The van der Waals surface area contributed by atoms with Crippen LogP contribution in [0.4, 0.5) is 0 Å². The van der Waals surface area contributed by atoms with Gasteiger partial charge in [0.05, 0.1) is 11.8 Å². The molecule has 0 unspecified atom stereocenters. The van der Waals surface area contributed by atoms with Gasteiger partial charge in [0.15, 0.2) is 0 Å². The average molecular weight is 162 g/mol. The molecule has 2 rings (SSSR count). The molecule has 0 aliphatic heterocycles. The molecule has 0 spiro atoms. The lowest BCUT2D eigenvalue weighted by molar-refractivity contribution is 0.518. The molecule has 12 heavy (non-hydrogen) atoms. The summed E-state index contributed by atoms with van der Waals surface area (Å²) in [5.74, 6) is 0.646. The van der Waals surface area contributed by atoms with E-state index in [9.17, 15) is 4.79 Å². The van der Waals surface area contributed by atoms with Gasteiger partial charge in [0.25, 0.3) is 0 Å². The highest BCUT2D eigenvalue weighted by atomic mass is 16.4. The standard InChI is InChI=1S/C8H6N2O2/c1-5-9-4-6-7(10-5)2-3-12-8(6)11/h2-4H,1H3. The zero-order valence-electron chi connectivity index (χ0n) is 6.44. The second kappa shape index (κ2) is 2.41. The van der Waals surface area contributed by atoms with Gasteiger partial charge in [-0.2, -0.15) is 0 Å². The van der Waals surface area contributed by atoms with Gasteiger partial charge in [0, 0.05) is 12.3 Å². The first kappa shape index (κ1) is 6.97. The Balaban J connectivity index is 2.96. The molecule has 0 bridgehead atoms. The van der Waals surface area contributed by atoms with Crippen LogP contribution in [0.25, 0.3) is 10.9 Å². The van der Waals surface area contributed by atoms with E-state index in [2.05, 4.69) is 14.4 Å². The van der Waals surface area contributed by atoms with E-state index in [1.165, 1.54) is 12.5 Å². The van der Waals surface area contributed by atoms with Crippen molar-refractivity contribution >= 4 is 10.9 Å². The van der Waals surface area contributed by atoms with Crippen molar-refractivity contribution in [3.05, 3.63) is 34.8 Å². The Morgan fingerprint density at radius 3 is 3.17 bits per heavy atom. The van der Waals surface area contributed by atoms with Gasteiger partial charge in [-0.1, -0.05) is 0 Å². The molecule has 0 fully saturated rings. The van der Waals surface area contributed by atoms with Crippen LogP contribution >= 0.6 is 0 Å². The number of fused-ring (bicyclic) bond motifs is 1. The van der Waals surface area contributed by atoms with Gasteiger partial charge in [-0.05, 0) is 6.92 Å². The third kappa shape index (κ3) is 0.972. The Kier molecular flexibility index (Phi) is 1.40. The molecule has 0 saturated carbocycles. The van der Waals surface area contributed by atoms with Gasteiger partial charge in [-0.3, -0.25) is 0 Å². The molecule has 0 radical (unpaired) electrons. The number of hydrogen-bond donors (Lipinski definition) is 0. The summed E-state index contributed by atoms with van der Waals surface area (Å²) >= 11 is 0. The first-order valence-corrected chi connectivity index (χ1v) is 3.48. The lowest BCUT2D eigenvalue weighted by atomic mass is 10.3. The molecule has 0 aliphatic rings. The topological polar surface area (TPSA) is 56.0 Å². The van der Waals surface area contributed by atoms with Crippen LogP contribution in [0.2, 0.25) is 0 Å². The maximum absolute atomic E-state index is 11.0. The van der Waals surface area contributed by atoms with Crippen molar-refractivity contribution in [2.75, 3.05) is 0 Å². The lowest BCUT2D eigenvalue weighted by Gasteiger charge is -1.93. The van der Waals surface area contributed by atoms with Crippen LogP contribution < -0.4 is 5.63 Å². The van der Waals surface area contributed by atoms with Crippen LogP contribution in [0.3, 0.4) is 0 Å². The van der Waals surface area contributed by atoms with Crippen LogP contribution in [-0.2, 0) is 0 Å². The lowest BCUT2D eigenvalue weighted by Crippen LogP contribution is -2.00. The highest BCUT2D eigenvalue weighted by Gasteiger charge is 2.00. The van der Waals surface area contributed by atoms with Gasteiger partial charge < -0.3 is 4.42 Å². The van der Waals surface area contributed by atoms with E-state index in [0.29, 0.717) is 16.7 Å². The fraction of sp³-hybridized carbons (Fsp3) is 0.125. The molecule has 0 atom stereocenters. The summed E-state index contributed by atoms with van der Waals surface area (Å²) < 4.78 is 4.64. The van der Waals surface area contributed by atoms with Gasteiger partial charge >= 0.3 is 5.63 Å². The molecule has 0 saturated heterocycles. The molecule has 4 nitrogen and oxygen atoms in total. The highest BCUT2D eigenvalue weighted by molar-refractivity contribution is 5.75. The SMILES string of the molecule is Cc1ncc2c(=O)occc2n1. The summed E-state index contributed by atoms with van der Waals surface area (Å²) in [6, 6.07) is 1.64. The minimum atomic E-state index is -0.396. The van der Waals surface area contributed by atoms with Crippen molar-refractivity contribution in [3.63, 3.8) is 0 Å². The molecule has 2 aromatic rings. The van der Waals surface area contributed by atoms with Gasteiger partial charge in [-0.25, -0.2) is 14.8 Å². The van der Waals surface area contributed by atoms with Crippen LogP contribution in [0, 0.1) is 6.92 Å². The normalized spacial score (nSPS) is 10.4. The Morgan fingerprint density at radius 1 is 1.50 bits per heavy atom. The third-order valence-corrected chi connectivity index (χ3v) is 1.56. The zero-order valence-corrected chi connectivity index (χ0v) is 6.44. The van der Waals surface area contributed by atoms with Gasteiger partial charge in [-0.15, -0.1) is 0 Å². The maximum Gasteiger partial charge on any atom is 0.346 e. The fourth-order valence-electron chi connectivity index (χ4n) is 0.996. The van der Waals surface area contributed by atoms with E-state index in [4.69, 9.17) is 0 Å². The second-order valence-corrected chi connectivity index (χ2v) is 2.42. The Labute approximate surface area is 67.9 Å². The summed E-state index contributed by atoms with van der Waals surface area (Å²) in [5.41, 5.74) is 0.228. The van der Waals surface area contributed by atoms with Gasteiger partial charge in [0.2, 0.25) is 0 Å². The van der Waals surface area contributed by atoms with Gasteiger partial charge in [0.1, 0.15) is 11.2 Å².